The number of rotatable bonds is 4. The lowest BCUT2D eigenvalue weighted by molar-refractivity contribution is -0.131. The van der Waals surface area contributed by atoms with Crippen LogP contribution in [0.2, 0.25) is 0 Å². The van der Waals surface area contributed by atoms with Gasteiger partial charge in [-0.05, 0) is 17.7 Å². The minimum Gasteiger partial charge on any atom is -0.384 e. The molecule has 21 heavy (non-hydrogen) atoms. The second-order valence-corrected chi connectivity index (χ2v) is 4.57. The van der Waals surface area contributed by atoms with Gasteiger partial charge < -0.3 is 10.0 Å². The van der Waals surface area contributed by atoms with E-state index in [1.807, 2.05) is 24.3 Å². The van der Waals surface area contributed by atoms with E-state index >= 15 is 0 Å². The highest BCUT2D eigenvalue weighted by molar-refractivity contribution is 5.75. The van der Waals surface area contributed by atoms with E-state index in [1.165, 1.54) is 0 Å². The van der Waals surface area contributed by atoms with Gasteiger partial charge in [-0.25, -0.2) is 0 Å². The van der Waals surface area contributed by atoms with Crippen LogP contribution in [0.15, 0.2) is 42.7 Å². The molecule has 0 spiro atoms. The summed E-state index contributed by atoms with van der Waals surface area (Å²) < 4.78 is 1.59. The van der Waals surface area contributed by atoms with E-state index in [4.69, 9.17) is 5.11 Å². The average Bonchev–Trinajstić information content (AvgIpc) is 2.99. The molecule has 1 aromatic heterocycles. The second kappa shape index (κ2) is 7.27. The summed E-state index contributed by atoms with van der Waals surface area (Å²) in [6.07, 6.45) is 3.40. The number of amides is 1. The van der Waals surface area contributed by atoms with Crippen molar-refractivity contribution in [2.45, 2.75) is 13.1 Å². The van der Waals surface area contributed by atoms with Crippen molar-refractivity contribution in [3.63, 3.8) is 0 Å². The maximum Gasteiger partial charge on any atom is 0.244 e. The van der Waals surface area contributed by atoms with Gasteiger partial charge in [-0.2, -0.15) is 5.10 Å². The molecular formula is C16H17N3O2. The highest BCUT2D eigenvalue weighted by Crippen LogP contribution is 2.10. The van der Waals surface area contributed by atoms with Gasteiger partial charge in [-0.3, -0.25) is 9.48 Å². The summed E-state index contributed by atoms with van der Waals surface area (Å²) in [4.78, 5) is 13.8. The van der Waals surface area contributed by atoms with Crippen LogP contribution in [0.3, 0.4) is 0 Å². The number of likely N-dealkylation sites (N-methyl/N-ethyl adjacent to an activating group) is 1. The summed E-state index contributed by atoms with van der Waals surface area (Å²) in [5.41, 5.74) is 1.78. The normalized spacial score (nSPS) is 9.81. The van der Waals surface area contributed by atoms with Crippen molar-refractivity contribution in [1.82, 2.24) is 14.7 Å². The minimum absolute atomic E-state index is 0.0244. The predicted molar refractivity (Wildman–Crippen MR) is 79.1 cm³/mol. The van der Waals surface area contributed by atoms with Gasteiger partial charge in [-0.15, -0.1) is 0 Å². The van der Waals surface area contributed by atoms with Crippen LogP contribution in [0.5, 0.6) is 0 Å². The first kappa shape index (κ1) is 14.8. The number of aliphatic hydroxyl groups excluding tert-OH is 1. The predicted octanol–water partition coefficient (Wildman–Crippen LogP) is 0.885. The Kier molecular flexibility index (Phi) is 5.13. The van der Waals surface area contributed by atoms with E-state index in [2.05, 4.69) is 16.9 Å². The fourth-order valence-electron chi connectivity index (χ4n) is 1.91. The molecule has 1 heterocycles. The van der Waals surface area contributed by atoms with Gasteiger partial charge in [0.25, 0.3) is 0 Å². The summed E-state index contributed by atoms with van der Waals surface area (Å²) in [6.45, 7) is 0.507. The smallest absolute Gasteiger partial charge is 0.244 e. The molecular weight excluding hydrogens is 266 g/mol. The number of benzene rings is 1. The third-order valence-corrected chi connectivity index (χ3v) is 3.01. The van der Waals surface area contributed by atoms with E-state index in [9.17, 15) is 4.79 Å². The van der Waals surface area contributed by atoms with Gasteiger partial charge in [0.05, 0.1) is 0 Å². The Hall–Kier alpha value is -2.58. The Labute approximate surface area is 123 Å². The van der Waals surface area contributed by atoms with Crippen LogP contribution in [-0.4, -0.2) is 39.3 Å². The van der Waals surface area contributed by atoms with Crippen LogP contribution in [0.25, 0.3) is 0 Å². The van der Waals surface area contributed by atoms with Crippen LogP contribution in [0.4, 0.5) is 0 Å². The van der Waals surface area contributed by atoms with Crippen LogP contribution in [0.1, 0.15) is 11.1 Å². The quantitative estimate of drug-likeness (QED) is 0.848. The number of hydrogen-bond donors (Lipinski definition) is 1. The Morgan fingerprint density at radius 3 is 2.90 bits per heavy atom. The maximum atomic E-state index is 12.1. The van der Waals surface area contributed by atoms with Crippen molar-refractivity contribution in [3.8, 4) is 11.8 Å². The number of carbonyl (C=O) groups is 1. The lowest BCUT2D eigenvalue weighted by Gasteiger charge is -2.18. The SMILES string of the molecule is CN(Cc1ccccc1C#CCO)C(=O)Cn1cccn1. The van der Waals surface area contributed by atoms with Crippen molar-refractivity contribution in [2.24, 2.45) is 0 Å². The Morgan fingerprint density at radius 1 is 1.38 bits per heavy atom. The molecule has 0 radical (unpaired) electrons. The summed E-state index contributed by atoms with van der Waals surface area (Å²) >= 11 is 0. The first-order valence-corrected chi connectivity index (χ1v) is 6.59. The molecule has 0 aliphatic carbocycles. The van der Waals surface area contributed by atoms with Crippen LogP contribution < -0.4 is 0 Å². The molecule has 1 amide bonds. The fraction of sp³-hybridized carbons (Fsp3) is 0.250. The maximum absolute atomic E-state index is 12.1. The van der Waals surface area contributed by atoms with Crippen LogP contribution in [-0.2, 0) is 17.9 Å². The standard InChI is InChI=1S/C16H17N3O2/c1-18(16(21)13-19-10-5-9-17-19)12-15-7-3-2-6-14(15)8-4-11-20/h2-3,5-7,9-10,20H,11-13H2,1H3. The fourth-order valence-corrected chi connectivity index (χ4v) is 1.91. The molecule has 2 rings (SSSR count). The van der Waals surface area contributed by atoms with Crippen molar-refractivity contribution in [2.75, 3.05) is 13.7 Å². The van der Waals surface area contributed by atoms with Gasteiger partial charge in [0.15, 0.2) is 0 Å². The van der Waals surface area contributed by atoms with Crippen molar-refractivity contribution >= 4 is 5.91 Å². The molecule has 1 aromatic carbocycles. The minimum atomic E-state index is -0.178. The zero-order valence-corrected chi connectivity index (χ0v) is 11.9. The van der Waals surface area contributed by atoms with E-state index in [-0.39, 0.29) is 19.1 Å². The molecule has 0 aliphatic heterocycles. The average molecular weight is 283 g/mol. The van der Waals surface area contributed by atoms with Gasteiger partial charge in [0.1, 0.15) is 13.2 Å². The molecule has 0 bridgehead atoms. The van der Waals surface area contributed by atoms with Gasteiger partial charge in [-0.1, -0.05) is 30.0 Å². The first-order chi connectivity index (χ1) is 10.2. The Morgan fingerprint density at radius 2 is 2.19 bits per heavy atom. The lowest BCUT2D eigenvalue weighted by Crippen LogP contribution is -2.30. The number of aromatic nitrogens is 2. The highest BCUT2D eigenvalue weighted by Gasteiger charge is 2.11. The largest absolute Gasteiger partial charge is 0.384 e. The van der Waals surface area contributed by atoms with Crippen molar-refractivity contribution < 1.29 is 9.90 Å². The molecule has 1 N–H and O–H groups in total. The van der Waals surface area contributed by atoms with Gasteiger partial charge >= 0.3 is 0 Å². The monoisotopic (exact) mass is 283 g/mol. The van der Waals surface area contributed by atoms with Crippen molar-refractivity contribution in [1.29, 1.82) is 0 Å². The van der Waals surface area contributed by atoms with Crippen LogP contribution >= 0.6 is 0 Å². The second-order valence-electron chi connectivity index (χ2n) is 4.57. The number of hydrogen-bond acceptors (Lipinski definition) is 3. The third-order valence-electron chi connectivity index (χ3n) is 3.01. The van der Waals surface area contributed by atoms with E-state index in [0.717, 1.165) is 11.1 Å². The summed E-state index contributed by atoms with van der Waals surface area (Å²) in [5.74, 6) is 5.50. The van der Waals surface area contributed by atoms with Crippen molar-refractivity contribution in [3.05, 3.63) is 53.9 Å². The Balaban J connectivity index is 2.05. The molecule has 0 atom stereocenters. The number of nitrogens with zero attached hydrogens (tertiary/aromatic N) is 3. The third kappa shape index (κ3) is 4.20. The van der Waals surface area contributed by atoms with E-state index in [0.29, 0.717) is 6.54 Å². The van der Waals surface area contributed by atoms with Gasteiger partial charge in [0.2, 0.25) is 5.91 Å². The molecule has 5 heteroatoms. The number of aliphatic hydroxyl groups is 1. The molecule has 0 aliphatic rings. The van der Waals surface area contributed by atoms with E-state index in [1.54, 1.807) is 35.1 Å². The lowest BCUT2D eigenvalue weighted by atomic mass is 10.1. The summed E-state index contributed by atoms with van der Waals surface area (Å²) in [7, 11) is 1.75. The molecule has 2 aromatic rings. The van der Waals surface area contributed by atoms with Gasteiger partial charge in [0, 0.05) is 31.5 Å². The topological polar surface area (TPSA) is 58.4 Å². The van der Waals surface area contributed by atoms with E-state index < -0.39 is 0 Å². The molecule has 108 valence electrons. The first-order valence-electron chi connectivity index (χ1n) is 6.59. The zero-order chi connectivity index (χ0) is 15.1. The number of carbonyl (C=O) groups excluding carboxylic acids is 1. The molecule has 0 unspecified atom stereocenters. The zero-order valence-electron chi connectivity index (χ0n) is 11.9. The molecule has 0 saturated heterocycles. The molecule has 5 nitrogen and oxygen atoms in total. The molecule has 0 fully saturated rings. The summed E-state index contributed by atoms with van der Waals surface area (Å²) in [5, 5.41) is 12.8. The summed E-state index contributed by atoms with van der Waals surface area (Å²) in [6, 6.07) is 9.39. The molecule has 0 saturated carbocycles. The highest BCUT2D eigenvalue weighted by atomic mass is 16.2. The Bertz CT molecular complexity index is 654. The van der Waals surface area contributed by atoms with Crippen LogP contribution in [0, 0.1) is 11.8 Å².